The molecule has 0 unspecified atom stereocenters. The number of rotatable bonds is 6. The van der Waals surface area contributed by atoms with Gasteiger partial charge in [-0.3, -0.25) is 4.79 Å². The summed E-state index contributed by atoms with van der Waals surface area (Å²) in [7, 11) is -0.326. The van der Waals surface area contributed by atoms with Crippen LogP contribution in [0, 0.1) is 5.92 Å². The number of halogens is 2. The second-order valence-corrected chi connectivity index (χ2v) is 14.8. The molecule has 2 rings (SSSR count). The van der Waals surface area contributed by atoms with Crippen LogP contribution >= 0.6 is 23.2 Å². The van der Waals surface area contributed by atoms with E-state index in [4.69, 9.17) is 32.4 Å². The van der Waals surface area contributed by atoms with E-state index in [1.54, 1.807) is 6.07 Å². The molecule has 158 valence electrons. The second kappa shape index (κ2) is 9.37. The van der Waals surface area contributed by atoms with Gasteiger partial charge in [0.2, 0.25) is 0 Å². The number of benzene rings is 1. The third kappa shape index (κ3) is 5.88. The van der Waals surface area contributed by atoms with Gasteiger partial charge in [-0.15, -0.1) is 0 Å². The normalized spacial score (nSPS) is 16.4. The molecule has 7 heteroatoms. The molecule has 0 aromatic heterocycles. The van der Waals surface area contributed by atoms with Crippen molar-refractivity contribution in [3.8, 4) is 0 Å². The van der Waals surface area contributed by atoms with E-state index in [1.807, 2.05) is 6.07 Å². The molecule has 0 atom stereocenters. The van der Waals surface area contributed by atoms with E-state index in [0.29, 0.717) is 16.0 Å². The van der Waals surface area contributed by atoms with Crippen LogP contribution in [0.15, 0.2) is 12.1 Å². The van der Waals surface area contributed by atoms with Gasteiger partial charge in [0.05, 0.1) is 24.2 Å². The monoisotopic (exact) mass is 445 g/mol. The summed E-state index contributed by atoms with van der Waals surface area (Å²) in [6.45, 7) is 14.0. The number of ether oxygens (including phenoxy) is 1. The number of esters is 1. The van der Waals surface area contributed by atoms with Crippen LogP contribution in [-0.2, 0) is 20.4 Å². The number of carbonyl (C=O) groups excluding carboxylic acids is 1. The van der Waals surface area contributed by atoms with Crippen molar-refractivity contribution in [2.24, 2.45) is 5.92 Å². The first-order valence-electron chi connectivity index (χ1n) is 9.88. The molecule has 1 fully saturated rings. The lowest BCUT2D eigenvalue weighted by Crippen LogP contribution is -2.43. The highest BCUT2D eigenvalue weighted by atomic mass is 35.5. The van der Waals surface area contributed by atoms with Gasteiger partial charge in [0.15, 0.2) is 8.32 Å². The van der Waals surface area contributed by atoms with E-state index in [0.717, 1.165) is 43.8 Å². The molecule has 1 aromatic rings. The van der Waals surface area contributed by atoms with Gasteiger partial charge in [-0.2, -0.15) is 0 Å². The van der Waals surface area contributed by atoms with Crippen LogP contribution in [-0.4, -0.2) is 41.1 Å². The number of methoxy groups -OCH3 is 1. The van der Waals surface area contributed by atoms with Gasteiger partial charge >= 0.3 is 5.97 Å². The zero-order valence-electron chi connectivity index (χ0n) is 17.9. The maximum Gasteiger partial charge on any atom is 0.310 e. The Labute approximate surface area is 180 Å². The maximum atomic E-state index is 11.8. The fraction of sp³-hybridized carbons (Fsp3) is 0.667. The first kappa shape index (κ1) is 23.5. The van der Waals surface area contributed by atoms with E-state index < -0.39 is 8.32 Å². The molecule has 0 amide bonds. The number of nitrogens with zero attached hydrogens (tertiary/aromatic N) is 1. The minimum Gasteiger partial charge on any atom is -0.469 e. The first-order valence-corrected chi connectivity index (χ1v) is 13.5. The fourth-order valence-corrected chi connectivity index (χ4v) is 4.94. The van der Waals surface area contributed by atoms with Crippen LogP contribution in [0.25, 0.3) is 0 Å². The van der Waals surface area contributed by atoms with Crippen LogP contribution in [0.1, 0.15) is 39.2 Å². The Bertz CT molecular complexity index is 696. The molecule has 0 N–H and O–H groups in total. The van der Waals surface area contributed by atoms with Gasteiger partial charge in [0.25, 0.3) is 0 Å². The van der Waals surface area contributed by atoms with E-state index in [9.17, 15) is 4.79 Å². The molecule has 0 aliphatic carbocycles. The van der Waals surface area contributed by atoms with Gasteiger partial charge in [-0.1, -0.05) is 44.0 Å². The molecule has 4 nitrogen and oxygen atoms in total. The average Bonchev–Trinajstić information content (AvgIpc) is 2.59. The molecule has 1 heterocycles. The van der Waals surface area contributed by atoms with Crippen molar-refractivity contribution in [1.29, 1.82) is 0 Å². The van der Waals surface area contributed by atoms with Gasteiger partial charge < -0.3 is 14.1 Å². The number of hydrogen-bond acceptors (Lipinski definition) is 4. The third-order valence-corrected chi connectivity index (χ3v) is 11.1. The van der Waals surface area contributed by atoms with E-state index in [2.05, 4.69) is 38.8 Å². The Kier molecular flexibility index (Phi) is 7.88. The number of piperidine rings is 1. The van der Waals surface area contributed by atoms with E-state index >= 15 is 0 Å². The molecule has 0 bridgehead atoms. The molecule has 0 spiro atoms. The SMILES string of the molecule is COC(=O)Cc1cc(Cl)cc(Cl)c1N1CCC(CO[Si](C)(C)C(C)(C)C)CC1. The summed E-state index contributed by atoms with van der Waals surface area (Å²) in [5.74, 6) is 0.262. The van der Waals surface area contributed by atoms with Crippen LogP contribution in [0.2, 0.25) is 28.2 Å². The Morgan fingerprint density at radius 2 is 1.82 bits per heavy atom. The molecular formula is C21H33Cl2NO3Si. The number of anilines is 1. The molecule has 1 aromatic carbocycles. The third-order valence-electron chi connectivity index (χ3n) is 6.09. The molecular weight excluding hydrogens is 413 g/mol. The Morgan fingerprint density at radius 3 is 2.36 bits per heavy atom. The highest BCUT2D eigenvalue weighted by Crippen LogP contribution is 2.38. The van der Waals surface area contributed by atoms with Gasteiger partial charge in [-0.05, 0) is 54.6 Å². The lowest BCUT2D eigenvalue weighted by Gasteiger charge is -2.39. The largest absolute Gasteiger partial charge is 0.469 e. The Hall–Kier alpha value is -0.753. The van der Waals surface area contributed by atoms with Crippen molar-refractivity contribution >= 4 is 43.2 Å². The summed E-state index contributed by atoms with van der Waals surface area (Å²) in [4.78, 5) is 14.1. The van der Waals surface area contributed by atoms with Crippen molar-refractivity contribution < 1.29 is 14.0 Å². The topological polar surface area (TPSA) is 38.8 Å². The second-order valence-electron chi connectivity index (χ2n) is 9.15. The standard InChI is InChI=1S/C21H33Cl2NO3Si/c1-21(2,3)28(5,6)27-14-15-7-9-24(10-8-15)20-16(12-19(25)26-4)11-17(22)13-18(20)23/h11,13,15H,7-10,12,14H2,1-6H3. The summed E-state index contributed by atoms with van der Waals surface area (Å²) in [6, 6.07) is 3.55. The Balaban J connectivity index is 2.04. The molecule has 1 aliphatic rings. The molecule has 0 radical (unpaired) electrons. The van der Waals surface area contributed by atoms with Crippen LogP contribution in [0.5, 0.6) is 0 Å². The summed E-state index contributed by atoms with van der Waals surface area (Å²) in [5.41, 5.74) is 1.72. The Morgan fingerprint density at radius 1 is 1.21 bits per heavy atom. The van der Waals surface area contributed by atoms with Crippen molar-refractivity contribution in [1.82, 2.24) is 0 Å². The van der Waals surface area contributed by atoms with Crippen molar-refractivity contribution in [3.63, 3.8) is 0 Å². The van der Waals surface area contributed by atoms with Crippen LogP contribution in [0.4, 0.5) is 5.69 Å². The van der Waals surface area contributed by atoms with Crippen molar-refractivity contribution in [2.45, 2.75) is 58.2 Å². The lowest BCUT2D eigenvalue weighted by molar-refractivity contribution is -0.139. The highest BCUT2D eigenvalue weighted by Gasteiger charge is 2.38. The predicted octanol–water partition coefficient (Wildman–Crippen LogP) is 5.95. The zero-order chi connectivity index (χ0) is 21.1. The predicted molar refractivity (Wildman–Crippen MR) is 120 cm³/mol. The minimum absolute atomic E-state index is 0.167. The number of hydrogen-bond donors (Lipinski definition) is 0. The molecule has 1 aliphatic heterocycles. The van der Waals surface area contributed by atoms with E-state index in [1.165, 1.54) is 7.11 Å². The smallest absolute Gasteiger partial charge is 0.310 e. The van der Waals surface area contributed by atoms with Gasteiger partial charge in [0, 0.05) is 24.7 Å². The first-order chi connectivity index (χ1) is 12.9. The zero-order valence-corrected chi connectivity index (χ0v) is 20.4. The van der Waals surface area contributed by atoms with Crippen molar-refractivity contribution in [3.05, 3.63) is 27.7 Å². The highest BCUT2D eigenvalue weighted by molar-refractivity contribution is 6.74. The van der Waals surface area contributed by atoms with E-state index in [-0.39, 0.29) is 17.4 Å². The summed E-state index contributed by atoms with van der Waals surface area (Å²) in [6.07, 6.45) is 2.26. The minimum atomic E-state index is -1.72. The van der Waals surface area contributed by atoms with Crippen LogP contribution < -0.4 is 4.90 Å². The molecule has 28 heavy (non-hydrogen) atoms. The molecule has 0 saturated carbocycles. The summed E-state index contributed by atoms with van der Waals surface area (Å²) in [5, 5.41) is 1.35. The quantitative estimate of drug-likeness (QED) is 0.400. The summed E-state index contributed by atoms with van der Waals surface area (Å²) >= 11 is 12.7. The maximum absolute atomic E-state index is 11.8. The van der Waals surface area contributed by atoms with Crippen LogP contribution in [0.3, 0.4) is 0 Å². The number of carbonyl (C=O) groups is 1. The fourth-order valence-electron chi connectivity index (χ4n) is 3.20. The lowest BCUT2D eigenvalue weighted by atomic mass is 9.96. The summed E-state index contributed by atoms with van der Waals surface area (Å²) < 4.78 is 11.2. The van der Waals surface area contributed by atoms with Gasteiger partial charge in [-0.25, -0.2) is 0 Å². The van der Waals surface area contributed by atoms with Gasteiger partial charge in [0.1, 0.15) is 0 Å². The average molecular weight is 446 g/mol. The van der Waals surface area contributed by atoms with Crippen molar-refractivity contribution in [2.75, 3.05) is 31.7 Å². The molecule has 1 saturated heterocycles.